The summed E-state index contributed by atoms with van der Waals surface area (Å²) in [4.78, 5) is 8.75. The van der Waals surface area contributed by atoms with Gasteiger partial charge in [-0.1, -0.05) is 18.0 Å². The number of guanidine groups is 1. The van der Waals surface area contributed by atoms with Crippen LogP contribution in [0.3, 0.4) is 0 Å². The van der Waals surface area contributed by atoms with E-state index in [9.17, 15) is 0 Å². The molecule has 0 unspecified atom stereocenters. The van der Waals surface area contributed by atoms with E-state index in [0.29, 0.717) is 23.7 Å². The van der Waals surface area contributed by atoms with Gasteiger partial charge in [-0.2, -0.15) is 4.98 Å². The number of hydrogen-bond acceptors (Lipinski definition) is 5. The van der Waals surface area contributed by atoms with E-state index < -0.39 is 0 Å². The van der Waals surface area contributed by atoms with Gasteiger partial charge in [0.1, 0.15) is 6.54 Å². The Bertz CT molecular complexity index is 509. The summed E-state index contributed by atoms with van der Waals surface area (Å²) in [5, 5.41) is 10.7. The minimum atomic E-state index is 0.327. The molecule has 24 heavy (non-hydrogen) atoms. The second-order valence-electron chi connectivity index (χ2n) is 6.43. The van der Waals surface area contributed by atoms with Crippen molar-refractivity contribution in [2.24, 2.45) is 10.4 Å². The maximum absolute atomic E-state index is 5.58. The molecule has 0 atom stereocenters. The molecule has 7 nitrogen and oxygen atoms in total. The van der Waals surface area contributed by atoms with Crippen molar-refractivity contribution in [3.63, 3.8) is 0 Å². The predicted octanol–water partition coefficient (Wildman–Crippen LogP) is 2.42. The summed E-state index contributed by atoms with van der Waals surface area (Å²) in [6.45, 7) is 9.70. The molecule has 136 valence electrons. The molecule has 0 aromatic carbocycles. The third kappa shape index (κ3) is 5.78. The zero-order chi connectivity index (χ0) is 17.3. The van der Waals surface area contributed by atoms with Crippen molar-refractivity contribution in [1.82, 2.24) is 20.8 Å². The van der Waals surface area contributed by atoms with E-state index in [-0.39, 0.29) is 0 Å². The van der Waals surface area contributed by atoms with Gasteiger partial charge in [0.15, 0.2) is 11.8 Å². The third-order valence-electron chi connectivity index (χ3n) is 4.57. The molecule has 1 aromatic heterocycles. The third-order valence-corrected chi connectivity index (χ3v) is 4.57. The lowest BCUT2D eigenvalue weighted by Gasteiger charge is -2.30. The average molecular weight is 337 g/mol. The molecular formula is C17H31N5O2. The Morgan fingerprint density at radius 1 is 1.29 bits per heavy atom. The molecule has 0 radical (unpaired) electrons. The second-order valence-corrected chi connectivity index (χ2v) is 6.43. The number of ether oxygens (including phenoxy) is 1. The summed E-state index contributed by atoms with van der Waals surface area (Å²) in [6, 6.07) is 0. The minimum Gasteiger partial charge on any atom is -0.382 e. The van der Waals surface area contributed by atoms with Crippen LogP contribution in [0.2, 0.25) is 0 Å². The molecule has 0 aliphatic heterocycles. The number of rotatable bonds is 9. The molecular weight excluding hydrogens is 306 g/mol. The first kappa shape index (κ1) is 18.7. The highest BCUT2D eigenvalue weighted by Gasteiger charge is 2.33. The van der Waals surface area contributed by atoms with Crippen LogP contribution in [-0.4, -0.2) is 42.4 Å². The van der Waals surface area contributed by atoms with Crippen molar-refractivity contribution in [3.05, 3.63) is 11.7 Å². The van der Waals surface area contributed by atoms with E-state index in [2.05, 4.69) is 39.6 Å². The fourth-order valence-electron chi connectivity index (χ4n) is 3.24. The Balaban J connectivity index is 1.90. The maximum Gasteiger partial charge on any atom is 0.223 e. The summed E-state index contributed by atoms with van der Waals surface area (Å²) < 4.78 is 10.6. The van der Waals surface area contributed by atoms with Crippen LogP contribution in [0, 0.1) is 12.3 Å². The monoisotopic (exact) mass is 337 g/mol. The SMILES string of the molecule is CCNC(=NCc1noc(C)n1)NCC1(CCOCC)CCCC1. The van der Waals surface area contributed by atoms with Crippen molar-refractivity contribution in [1.29, 1.82) is 0 Å². The molecule has 7 heteroatoms. The molecule has 0 spiro atoms. The molecule has 1 aliphatic carbocycles. The summed E-state index contributed by atoms with van der Waals surface area (Å²) in [6.07, 6.45) is 6.25. The predicted molar refractivity (Wildman–Crippen MR) is 93.9 cm³/mol. The smallest absolute Gasteiger partial charge is 0.223 e. The summed E-state index contributed by atoms with van der Waals surface area (Å²) in [7, 11) is 0. The molecule has 0 saturated heterocycles. The Morgan fingerprint density at radius 2 is 2.08 bits per heavy atom. The molecule has 1 heterocycles. The van der Waals surface area contributed by atoms with E-state index >= 15 is 0 Å². The van der Waals surface area contributed by atoms with Gasteiger partial charge in [-0.05, 0) is 38.5 Å². The van der Waals surface area contributed by atoms with Gasteiger partial charge < -0.3 is 19.9 Å². The van der Waals surface area contributed by atoms with Crippen LogP contribution in [-0.2, 0) is 11.3 Å². The molecule has 2 N–H and O–H groups in total. The standard InChI is InChI=1S/C17H31N5O2/c1-4-18-16(19-12-15-21-14(3)24-22-15)20-13-17(8-6-7-9-17)10-11-23-5-2/h4-13H2,1-3H3,(H2,18,19,20). The largest absolute Gasteiger partial charge is 0.382 e. The Hall–Kier alpha value is -1.63. The molecule has 0 amide bonds. The lowest BCUT2D eigenvalue weighted by Crippen LogP contribution is -2.43. The number of aliphatic imine (C=N–C) groups is 1. The van der Waals surface area contributed by atoms with E-state index in [4.69, 9.17) is 9.26 Å². The lowest BCUT2D eigenvalue weighted by atomic mass is 9.83. The quantitative estimate of drug-likeness (QED) is 0.409. The first-order valence-corrected chi connectivity index (χ1v) is 9.06. The topological polar surface area (TPSA) is 84.6 Å². The highest BCUT2D eigenvalue weighted by molar-refractivity contribution is 5.79. The van der Waals surface area contributed by atoms with Crippen LogP contribution in [0.1, 0.15) is 57.7 Å². The van der Waals surface area contributed by atoms with Crippen molar-refractivity contribution in [2.75, 3.05) is 26.3 Å². The Kier molecular flexibility index (Phi) is 7.49. The van der Waals surface area contributed by atoms with Crippen molar-refractivity contribution < 1.29 is 9.26 Å². The molecule has 1 aromatic rings. The fourth-order valence-corrected chi connectivity index (χ4v) is 3.24. The number of aromatic nitrogens is 2. The second kappa shape index (κ2) is 9.61. The van der Waals surface area contributed by atoms with Gasteiger partial charge in [0.25, 0.3) is 0 Å². The summed E-state index contributed by atoms with van der Waals surface area (Å²) in [5.41, 5.74) is 0.327. The highest BCUT2D eigenvalue weighted by Crippen LogP contribution is 2.40. The van der Waals surface area contributed by atoms with Crippen molar-refractivity contribution >= 4 is 5.96 Å². The van der Waals surface area contributed by atoms with Gasteiger partial charge in [-0.15, -0.1) is 0 Å². The van der Waals surface area contributed by atoms with E-state index in [1.54, 1.807) is 6.92 Å². The number of nitrogens with zero attached hydrogens (tertiary/aromatic N) is 3. The van der Waals surface area contributed by atoms with Gasteiger partial charge in [-0.3, -0.25) is 0 Å². The lowest BCUT2D eigenvalue weighted by molar-refractivity contribution is 0.105. The van der Waals surface area contributed by atoms with Crippen LogP contribution in [0.15, 0.2) is 9.52 Å². The van der Waals surface area contributed by atoms with E-state index in [1.807, 2.05) is 0 Å². The number of aryl methyl sites for hydroxylation is 1. The van der Waals surface area contributed by atoms with Crippen LogP contribution in [0.4, 0.5) is 0 Å². The van der Waals surface area contributed by atoms with Gasteiger partial charge in [0.2, 0.25) is 5.89 Å². The number of hydrogen-bond donors (Lipinski definition) is 2. The molecule has 1 aliphatic rings. The highest BCUT2D eigenvalue weighted by atomic mass is 16.5. The maximum atomic E-state index is 5.58. The summed E-state index contributed by atoms with van der Waals surface area (Å²) >= 11 is 0. The zero-order valence-electron chi connectivity index (χ0n) is 15.2. The molecule has 2 rings (SSSR count). The van der Waals surface area contributed by atoms with Gasteiger partial charge in [0, 0.05) is 33.2 Å². The van der Waals surface area contributed by atoms with Crippen LogP contribution in [0.25, 0.3) is 0 Å². The molecule has 1 fully saturated rings. The van der Waals surface area contributed by atoms with E-state index in [1.165, 1.54) is 25.7 Å². The summed E-state index contributed by atoms with van der Waals surface area (Å²) in [5.74, 6) is 1.98. The van der Waals surface area contributed by atoms with Crippen molar-refractivity contribution in [3.8, 4) is 0 Å². The number of nitrogens with one attached hydrogen (secondary N) is 2. The zero-order valence-corrected chi connectivity index (χ0v) is 15.2. The minimum absolute atomic E-state index is 0.327. The van der Waals surface area contributed by atoms with Crippen LogP contribution >= 0.6 is 0 Å². The van der Waals surface area contributed by atoms with Gasteiger partial charge in [0.05, 0.1) is 0 Å². The van der Waals surface area contributed by atoms with Gasteiger partial charge in [-0.25, -0.2) is 4.99 Å². The first-order chi connectivity index (χ1) is 11.7. The normalized spacial score (nSPS) is 17.2. The molecule has 1 saturated carbocycles. The Labute approximate surface area is 144 Å². The van der Waals surface area contributed by atoms with E-state index in [0.717, 1.165) is 38.7 Å². The average Bonchev–Trinajstić information content (AvgIpc) is 3.20. The first-order valence-electron chi connectivity index (χ1n) is 9.06. The fraction of sp³-hybridized carbons (Fsp3) is 0.824. The van der Waals surface area contributed by atoms with Crippen molar-refractivity contribution in [2.45, 2.75) is 59.4 Å². The van der Waals surface area contributed by atoms with Crippen LogP contribution < -0.4 is 10.6 Å². The van der Waals surface area contributed by atoms with Gasteiger partial charge >= 0.3 is 0 Å². The van der Waals surface area contributed by atoms with Crippen LogP contribution in [0.5, 0.6) is 0 Å². The Morgan fingerprint density at radius 3 is 2.71 bits per heavy atom. The molecule has 0 bridgehead atoms.